The first-order valence-corrected chi connectivity index (χ1v) is 6.35. The van der Waals surface area contributed by atoms with Crippen LogP contribution in [0.3, 0.4) is 0 Å². The Hall–Kier alpha value is -0.880. The molecule has 0 radical (unpaired) electrons. The summed E-state index contributed by atoms with van der Waals surface area (Å²) in [5, 5.41) is 5.68. The largest absolute Gasteiger partial charge is 0.444 e. The Morgan fingerprint density at radius 3 is 2.83 bits per heavy atom. The van der Waals surface area contributed by atoms with E-state index in [4.69, 9.17) is 9.47 Å². The average molecular weight is 260 g/mol. The fraction of sp³-hybridized carbons (Fsp3) is 0.917. The molecule has 1 heterocycles. The summed E-state index contributed by atoms with van der Waals surface area (Å²) in [6.07, 6.45) is -1.39. The highest BCUT2D eigenvalue weighted by Crippen LogP contribution is 2.28. The van der Waals surface area contributed by atoms with Crippen LogP contribution in [0.25, 0.3) is 0 Å². The lowest BCUT2D eigenvalue weighted by atomic mass is 10.1. The van der Waals surface area contributed by atoms with Crippen LogP contribution in [0.4, 0.5) is 9.18 Å². The molecule has 0 aromatic heterocycles. The van der Waals surface area contributed by atoms with Crippen molar-refractivity contribution < 1.29 is 18.7 Å². The highest BCUT2D eigenvalue weighted by molar-refractivity contribution is 5.68. The van der Waals surface area contributed by atoms with Crippen LogP contribution in [0, 0.1) is 0 Å². The molecule has 2 N–H and O–H groups in total. The molecule has 6 heteroatoms. The Morgan fingerprint density at radius 2 is 2.22 bits per heavy atom. The van der Waals surface area contributed by atoms with Crippen molar-refractivity contribution in [2.45, 2.75) is 57.2 Å². The second-order valence-electron chi connectivity index (χ2n) is 5.82. The van der Waals surface area contributed by atoms with E-state index in [9.17, 15) is 9.18 Å². The van der Waals surface area contributed by atoms with Gasteiger partial charge in [-0.05, 0) is 27.2 Å². The van der Waals surface area contributed by atoms with E-state index in [-0.39, 0.29) is 12.1 Å². The molecule has 1 aliphatic heterocycles. The molecule has 104 valence electrons. The topological polar surface area (TPSA) is 59.6 Å². The average Bonchev–Trinajstić information content (AvgIpc) is 2.54. The van der Waals surface area contributed by atoms with Crippen molar-refractivity contribution >= 4 is 6.09 Å². The second kappa shape index (κ2) is 5.01. The van der Waals surface area contributed by atoms with Crippen LogP contribution in [-0.4, -0.2) is 49.2 Å². The second-order valence-corrected chi connectivity index (χ2v) is 5.82. The molecule has 0 bridgehead atoms. The zero-order valence-corrected chi connectivity index (χ0v) is 11.0. The van der Waals surface area contributed by atoms with Crippen molar-refractivity contribution in [3.8, 4) is 0 Å². The van der Waals surface area contributed by atoms with Crippen LogP contribution >= 0.6 is 0 Å². The van der Waals surface area contributed by atoms with Crippen LogP contribution in [0.5, 0.6) is 0 Å². The Balaban J connectivity index is 1.88. The highest BCUT2D eigenvalue weighted by Gasteiger charge is 2.46. The number of alkyl halides is 1. The van der Waals surface area contributed by atoms with Gasteiger partial charge in [0, 0.05) is 6.54 Å². The fourth-order valence-electron chi connectivity index (χ4n) is 2.43. The fourth-order valence-corrected chi connectivity index (χ4v) is 2.43. The third kappa shape index (κ3) is 3.11. The van der Waals surface area contributed by atoms with E-state index in [1.807, 2.05) is 0 Å². The van der Waals surface area contributed by atoms with Crippen LogP contribution in [0.2, 0.25) is 0 Å². The maximum atomic E-state index is 14.1. The molecule has 1 amide bonds. The summed E-state index contributed by atoms with van der Waals surface area (Å²) < 4.78 is 24.7. The first-order chi connectivity index (χ1) is 8.37. The summed E-state index contributed by atoms with van der Waals surface area (Å²) in [4.78, 5) is 11.6. The summed E-state index contributed by atoms with van der Waals surface area (Å²) in [5.41, 5.74) is -0.573. The number of hydrogen-bond acceptors (Lipinski definition) is 4. The van der Waals surface area contributed by atoms with Gasteiger partial charge in [-0.15, -0.1) is 0 Å². The standard InChI is InChI=1S/C12H21FN2O3/c1-12(2,3)18-11(16)15-7-6-8-10(9(7)13)14-4-5-17-8/h7-10,14H,4-6H2,1-3H3,(H,15,16)/t7-,8+,9+,10+/m0/s1. The highest BCUT2D eigenvalue weighted by atomic mass is 19.1. The Labute approximate surface area is 106 Å². The number of hydrogen-bond donors (Lipinski definition) is 2. The molecule has 1 saturated carbocycles. The molecule has 18 heavy (non-hydrogen) atoms. The summed E-state index contributed by atoms with van der Waals surface area (Å²) in [6, 6.07) is -0.862. The molecule has 0 aromatic carbocycles. The Bertz CT molecular complexity index is 319. The minimum Gasteiger partial charge on any atom is -0.444 e. The minimum atomic E-state index is -1.14. The van der Waals surface area contributed by atoms with E-state index in [0.717, 1.165) is 0 Å². The molecule has 0 aromatic rings. The van der Waals surface area contributed by atoms with E-state index in [2.05, 4.69) is 10.6 Å². The van der Waals surface area contributed by atoms with Crippen molar-refractivity contribution in [1.29, 1.82) is 0 Å². The van der Waals surface area contributed by atoms with E-state index in [0.29, 0.717) is 19.6 Å². The number of carbonyl (C=O) groups is 1. The number of nitrogens with one attached hydrogen (secondary N) is 2. The summed E-state index contributed by atoms with van der Waals surface area (Å²) in [7, 11) is 0. The number of ether oxygens (including phenoxy) is 2. The quantitative estimate of drug-likeness (QED) is 0.738. The molecule has 1 aliphatic carbocycles. The zero-order valence-electron chi connectivity index (χ0n) is 11.0. The van der Waals surface area contributed by atoms with Gasteiger partial charge >= 0.3 is 6.09 Å². The number of morpholine rings is 1. The van der Waals surface area contributed by atoms with Gasteiger partial charge in [-0.3, -0.25) is 0 Å². The van der Waals surface area contributed by atoms with Crippen molar-refractivity contribution in [1.82, 2.24) is 10.6 Å². The van der Waals surface area contributed by atoms with Crippen molar-refractivity contribution in [2.75, 3.05) is 13.2 Å². The van der Waals surface area contributed by atoms with Gasteiger partial charge in [0.05, 0.1) is 24.8 Å². The summed E-state index contributed by atoms with van der Waals surface area (Å²) in [5.74, 6) is 0. The predicted octanol–water partition coefficient (Wildman–Crippen LogP) is 0.979. The molecule has 2 rings (SSSR count). The lowest BCUT2D eigenvalue weighted by Crippen LogP contribution is -2.51. The van der Waals surface area contributed by atoms with Gasteiger partial charge in [-0.1, -0.05) is 0 Å². The number of halogens is 1. The molecule has 0 spiro atoms. The first kappa shape index (κ1) is 13.5. The molecule has 0 unspecified atom stereocenters. The maximum absolute atomic E-state index is 14.1. The third-order valence-electron chi connectivity index (χ3n) is 3.13. The molecular formula is C12H21FN2O3. The predicted molar refractivity (Wildman–Crippen MR) is 64.2 cm³/mol. The SMILES string of the molecule is CC(C)(C)OC(=O)N[C@H]1C[C@H]2OCCN[C@H]2[C@@H]1F. The normalized spacial score (nSPS) is 36.0. The zero-order chi connectivity index (χ0) is 13.3. The molecular weight excluding hydrogens is 239 g/mol. The van der Waals surface area contributed by atoms with Gasteiger partial charge in [0.25, 0.3) is 0 Å². The number of fused-ring (bicyclic) bond motifs is 1. The minimum absolute atomic E-state index is 0.159. The molecule has 4 atom stereocenters. The third-order valence-corrected chi connectivity index (χ3v) is 3.13. The van der Waals surface area contributed by atoms with Crippen LogP contribution < -0.4 is 10.6 Å². The number of alkyl carbamates (subject to hydrolysis) is 1. The van der Waals surface area contributed by atoms with Gasteiger partial charge in [-0.25, -0.2) is 9.18 Å². The van der Waals surface area contributed by atoms with Gasteiger partial charge in [0.1, 0.15) is 11.8 Å². The number of amides is 1. The van der Waals surface area contributed by atoms with Crippen LogP contribution in [-0.2, 0) is 9.47 Å². The van der Waals surface area contributed by atoms with Crippen molar-refractivity contribution in [2.24, 2.45) is 0 Å². The maximum Gasteiger partial charge on any atom is 0.407 e. The smallest absolute Gasteiger partial charge is 0.407 e. The van der Waals surface area contributed by atoms with Crippen LogP contribution in [0.15, 0.2) is 0 Å². The van der Waals surface area contributed by atoms with Gasteiger partial charge in [0.2, 0.25) is 0 Å². The van der Waals surface area contributed by atoms with Gasteiger partial charge < -0.3 is 20.1 Å². The lowest BCUT2D eigenvalue weighted by molar-refractivity contribution is 0.00110. The Morgan fingerprint density at radius 1 is 1.50 bits per heavy atom. The molecule has 2 fully saturated rings. The molecule has 5 nitrogen and oxygen atoms in total. The Kier molecular flexibility index (Phi) is 3.77. The van der Waals surface area contributed by atoms with Gasteiger partial charge in [-0.2, -0.15) is 0 Å². The monoisotopic (exact) mass is 260 g/mol. The number of rotatable bonds is 1. The lowest BCUT2D eigenvalue weighted by Gasteiger charge is -2.27. The summed E-state index contributed by atoms with van der Waals surface area (Å²) in [6.45, 7) is 6.57. The van der Waals surface area contributed by atoms with E-state index in [1.54, 1.807) is 20.8 Å². The molecule has 2 aliphatic rings. The van der Waals surface area contributed by atoms with E-state index < -0.39 is 23.9 Å². The van der Waals surface area contributed by atoms with Gasteiger partial charge in [0.15, 0.2) is 0 Å². The van der Waals surface area contributed by atoms with E-state index in [1.165, 1.54) is 0 Å². The van der Waals surface area contributed by atoms with Crippen molar-refractivity contribution in [3.05, 3.63) is 0 Å². The first-order valence-electron chi connectivity index (χ1n) is 6.35. The van der Waals surface area contributed by atoms with E-state index >= 15 is 0 Å². The number of carbonyl (C=O) groups excluding carboxylic acids is 1. The van der Waals surface area contributed by atoms with Crippen molar-refractivity contribution in [3.63, 3.8) is 0 Å². The molecule has 1 saturated heterocycles. The van der Waals surface area contributed by atoms with Crippen LogP contribution in [0.1, 0.15) is 27.2 Å². The summed E-state index contributed by atoms with van der Waals surface area (Å²) >= 11 is 0.